The Morgan fingerprint density at radius 2 is 2.06 bits per heavy atom. The molecule has 2 rings (SSSR count). The highest BCUT2D eigenvalue weighted by atomic mass is 16.5. The van der Waals surface area contributed by atoms with Gasteiger partial charge >= 0.3 is 0 Å². The zero-order valence-corrected chi connectivity index (χ0v) is 10.9. The van der Waals surface area contributed by atoms with E-state index >= 15 is 0 Å². The van der Waals surface area contributed by atoms with E-state index in [0.717, 1.165) is 19.1 Å². The summed E-state index contributed by atoms with van der Waals surface area (Å²) >= 11 is 0. The number of nitrogens with one attached hydrogen (secondary N) is 1. The van der Waals surface area contributed by atoms with Crippen LogP contribution in [-0.2, 0) is 4.74 Å². The highest BCUT2D eigenvalue weighted by Crippen LogP contribution is 2.26. The van der Waals surface area contributed by atoms with Crippen LogP contribution in [0.5, 0.6) is 0 Å². The van der Waals surface area contributed by atoms with Crippen molar-refractivity contribution in [2.24, 2.45) is 0 Å². The Hall–Kier alpha value is -0.120. The molecule has 0 bridgehead atoms. The van der Waals surface area contributed by atoms with Gasteiger partial charge in [-0.05, 0) is 46.6 Å². The molecule has 0 aromatic heterocycles. The third-order valence-electron chi connectivity index (χ3n) is 3.95. The molecule has 2 aliphatic rings. The van der Waals surface area contributed by atoms with Crippen LogP contribution in [0.2, 0.25) is 0 Å². The number of hydrogen-bond acceptors (Lipinski definition) is 3. The molecular formula is C13H26N2O. The summed E-state index contributed by atoms with van der Waals surface area (Å²) in [5.41, 5.74) is 0. The fraction of sp³-hybridized carbons (Fsp3) is 1.00. The number of nitrogens with zero attached hydrogens (tertiary/aromatic N) is 1. The van der Waals surface area contributed by atoms with Gasteiger partial charge in [-0.2, -0.15) is 0 Å². The first-order valence-electron chi connectivity index (χ1n) is 6.75. The predicted octanol–water partition coefficient (Wildman–Crippen LogP) is 1.63. The molecule has 1 saturated heterocycles. The van der Waals surface area contributed by atoms with Crippen molar-refractivity contribution in [1.29, 1.82) is 0 Å². The van der Waals surface area contributed by atoms with Crippen LogP contribution >= 0.6 is 0 Å². The third-order valence-corrected chi connectivity index (χ3v) is 3.95. The molecule has 2 fully saturated rings. The number of hydrogen-bond donors (Lipinski definition) is 1. The molecule has 1 heterocycles. The molecule has 94 valence electrons. The lowest BCUT2D eigenvalue weighted by atomic mass is 10.2. The molecule has 0 amide bonds. The molecule has 0 aromatic rings. The molecule has 3 atom stereocenters. The summed E-state index contributed by atoms with van der Waals surface area (Å²) in [6.07, 6.45) is 6.16. The number of ether oxygens (including phenoxy) is 1. The quantitative estimate of drug-likeness (QED) is 0.745. The Morgan fingerprint density at radius 1 is 1.31 bits per heavy atom. The summed E-state index contributed by atoms with van der Waals surface area (Å²) in [6, 6.07) is 1.51. The smallest absolute Gasteiger partial charge is 0.0704 e. The topological polar surface area (TPSA) is 24.5 Å². The van der Waals surface area contributed by atoms with E-state index in [1.807, 2.05) is 0 Å². The molecule has 16 heavy (non-hydrogen) atoms. The Balaban J connectivity index is 1.56. The van der Waals surface area contributed by atoms with Gasteiger partial charge in [0.1, 0.15) is 0 Å². The van der Waals surface area contributed by atoms with Crippen molar-refractivity contribution in [3.8, 4) is 0 Å². The Kier molecular flexibility index (Phi) is 4.22. The van der Waals surface area contributed by atoms with Gasteiger partial charge in [0.2, 0.25) is 0 Å². The molecule has 1 saturated carbocycles. The highest BCUT2D eigenvalue weighted by Gasteiger charge is 2.29. The normalized spacial score (nSPS) is 32.2. The molecule has 0 spiro atoms. The minimum absolute atomic E-state index is 0.452. The van der Waals surface area contributed by atoms with Crippen molar-refractivity contribution < 1.29 is 4.74 Å². The molecule has 3 nitrogen and oxygen atoms in total. The van der Waals surface area contributed by atoms with Gasteiger partial charge in [-0.1, -0.05) is 0 Å². The zero-order valence-electron chi connectivity index (χ0n) is 10.9. The van der Waals surface area contributed by atoms with E-state index in [1.165, 1.54) is 25.7 Å². The lowest BCUT2D eigenvalue weighted by molar-refractivity contribution is 0.0550. The summed E-state index contributed by atoms with van der Waals surface area (Å²) in [5, 5.41) is 3.54. The molecule has 0 aromatic carbocycles. The third kappa shape index (κ3) is 3.44. The van der Waals surface area contributed by atoms with Crippen LogP contribution in [0.1, 0.15) is 39.5 Å². The summed E-state index contributed by atoms with van der Waals surface area (Å²) in [6.45, 7) is 6.58. The molecule has 3 heteroatoms. The van der Waals surface area contributed by atoms with E-state index in [1.54, 1.807) is 0 Å². The Labute approximate surface area is 99.5 Å². The van der Waals surface area contributed by atoms with Crippen molar-refractivity contribution in [3.63, 3.8) is 0 Å². The molecule has 0 radical (unpaired) electrons. The zero-order chi connectivity index (χ0) is 11.5. The maximum Gasteiger partial charge on any atom is 0.0704 e. The minimum atomic E-state index is 0.452. The van der Waals surface area contributed by atoms with Gasteiger partial charge in [-0.25, -0.2) is 0 Å². The standard InChI is InChI=1S/C13H26N2O/c1-10(15(3)12-5-6-12)8-14-9-13-7-4-11(2)16-13/h10-14H,4-9H2,1-3H3. The minimum Gasteiger partial charge on any atom is -0.374 e. The van der Waals surface area contributed by atoms with Gasteiger partial charge < -0.3 is 10.1 Å². The van der Waals surface area contributed by atoms with Crippen molar-refractivity contribution in [1.82, 2.24) is 10.2 Å². The SMILES string of the molecule is CC1CCC(CNCC(C)N(C)C2CC2)O1. The van der Waals surface area contributed by atoms with E-state index in [9.17, 15) is 0 Å². The van der Waals surface area contributed by atoms with Crippen LogP contribution in [0.25, 0.3) is 0 Å². The molecular weight excluding hydrogens is 200 g/mol. The average Bonchev–Trinajstić information content (AvgIpc) is 3.02. The first-order chi connectivity index (χ1) is 7.66. The van der Waals surface area contributed by atoms with Crippen molar-refractivity contribution >= 4 is 0 Å². The predicted molar refractivity (Wildman–Crippen MR) is 66.7 cm³/mol. The summed E-state index contributed by atoms with van der Waals surface area (Å²) in [4.78, 5) is 2.51. The second-order valence-electron chi connectivity index (χ2n) is 5.55. The largest absolute Gasteiger partial charge is 0.374 e. The Morgan fingerprint density at radius 3 is 2.62 bits per heavy atom. The summed E-state index contributed by atoms with van der Waals surface area (Å²) < 4.78 is 5.79. The molecule has 1 aliphatic heterocycles. The van der Waals surface area contributed by atoms with Gasteiger partial charge in [0.05, 0.1) is 12.2 Å². The average molecular weight is 226 g/mol. The number of likely N-dealkylation sites (N-methyl/N-ethyl adjacent to an activating group) is 1. The highest BCUT2D eigenvalue weighted by molar-refractivity contribution is 4.86. The van der Waals surface area contributed by atoms with E-state index in [2.05, 4.69) is 31.1 Å². The van der Waals surface area contributed by atoms with Crippen LogP contribution in [0.4, 0.5) is 0 Å². The van der Waals surface area contributed by atoms with Gasteiger partial charge in [0.25, 0.3) is 0 Å². The Bertz CT molecular complexity index is 218. The lowest BCUT2D eigenvalue weighted by Crippen LogP contribution is -2.41. The van der Waals surface area contributed by atoms with E-state index in [-0.39, 0.29) is 0 Å². The maximum atomic E-state index is 5.79. The van der Waals surface area contributed by atoms with Gasteiger partial charge in [-0.15, -0.1) is 0 Å². The van der Waals surface area contributed by atoms with E-state index in [0.29, 0.717) is 18.2 Å². The van der Waals surface area contributed by atoms with Crippen molar-refractivity contribution in [2.45, 2.75) is 63.8 Å². The second kappa shape index (κ2) is 5.48. The van der Waals surface area contributed by atoms with Gasteiger partial charge in [0.15, 0.2) is 0 Å². The fourth-order valence-corrected chi connectivity index (χ4v) is 2.47. The number of rotatable bonds is 6. The lowest BCUT2D eigenvalue weighted by Gasteiger charge is -2.25. The second-order valence-corrected chi connectivity index (χ2v) is 5.55. The first kappa shape index (κ1) is 12.3. The van der Waals surface area contributed by atoms with Crippen LogP contribution in [0.3, 0.4) is 0 Å². The molecule has 3 unspecified atom stereocenters. The van der Waals surface area contributed by atoms with Gasteiger partial charge in [-0.3, -0.25) is 4.90 Å². The van der Waals surface area contributed by atoms with Gasteiger partial charge in [0, 0.05) is 25.2 Å². The van der Waals surface area contributed by atoms with Crippen LogP contribution in [-0.4, -0.2) is 49.3 Å². The van der Waals surface area contributed by atoms with E-state index < -0.39 is 0 Å². The molecule has 1 aliphatic carbocycles. The van der Waals surface area contributed by atoms with Crippen LogP contribution < -0.4 is 5.32 Å². The van der Waals surface area contributed by atoms with Crippen molar-refractivity contribution in [3.05, 3.63) is 0 Å². The van der Waals surface area contributed by atoms with Crippen LogP contribution in [0, 0.1) is 0 Å². The summed E-state index contributed by atoms with van der Waals surface area (Å²) in [7, 11) is 2.25. The first-order valence-corrected chi connectivity index (χ1v) is 6.75. The molecule has 1 N–H and O–H groups in total. The fourth-order valence-electron chi connectivity index (χ4n) is 2.47. The van der Waals surface area contributed by atoms with Crippen molar-refractivity contribution in [2.75, 3.05) is 20.1 Å². The van der Waals surface area contributed by atoms with E-state index in [4.69, 9.17) is 4.74 Å². The summed E-state index contributed by atoms with van der Waals surface area (Å²) in [5.74, 6) is 0. The maximum absolute atomic E-state index is 5.79. The monoisotopic (exact) mass is 226 g/mol. The van der Waals surface area contributed by atoms with Crippen LogP contribution in [0.15, 0.2) is 0 Å².